The van der Waals surface area contributed by atoms with Crippen LogP contribution in [0.2, 0.25) is 10.2 Å². The SMILES string of the molecule is Cc1cc(-c2nnc3c(C)c(C)c(Cl)nn23)ccc1Cl. The van der Waals surface area contributed by atoms with Crippen molar-refractivity contribution in [1.82, 2.24) is 19.8 Å². The minimum absolute atomic E-state index is 0.460. The van der Waals surface area contributed by atoms with Crippen LogP contribution in [0.25, 0.3) is 17.0 Å². The van der Waals surface area contributed by atoms with Crippen molar-refractivity contribution in [2.45, 2.75) is 20.8 Å². The van der Waals surface area contributed by atoms with Crippen LogP contribution in [0.3, 0.4) is 0 Å². The molecule has 20 heavy (non-hydrogen) atoms. The van der Waals surface area contributed by atoms with Gasteiger partial charge in [-0.3, -0.25) is 0 Å². The van der Waals surface area contributed by atoms with Crippen molar-refractivity contribution < 1.29 is 0 Å². The second kappa shape index (κ2) is 4.72. The number of aromatic nitrogens is 4. The molecule has 0 spiro atoms. The van der Waals surface area contributed by atoms with Gasteiger partial charge in [0.2, 0.25) is 0 Å². The van der Waals surface area contributed by atoms with Crippen LogP contribution in [-0.4, -0.2) is 19.8 Å². The molecular formula is C14H12Cl2N4. The van der Waals surface area contributed by atoms with Crippen LogP contribution in [0.5, 0.6) is 0 Å². The van der Waals surface area contributed by atoms with Gasteiger partial charge in [0.25, 0.3) is 0 Å². The van der Waals surface area contributed by atoms with Crippen LogP contribution in [0, 0.1) is 20.8 Å². The Morgan fingerprint density at radius 3 is 2.45 bits per heavy atom. The molecule has 2 aromatic heterocycles. The summed E-state index contributed by atoms with van der Waals surface area (Å²) in [6.07, 6.45) is 0. The van der Waals surface area contributed by atoms with Gasteiger partial charge in [-0.1, -0.05) is 23.2 Å². The van der Waals surface area contributed by atoms with E-state index >= 15 is 0 Å². The molecule has 1 aromatic carbocycles. The summed E-state index contributed by atoms with van der Waals surface area (Å²) in [6, 6.07) is 5.70. The average Bonchev–Trinajstić information content (AvgIpc) is 2.83. The summed E-state index contributed by atoms with van der Waals surface area (Å²) in [5, 5.41) is 14.0. The van der Waals surface area contributed by atoms with Crippen LogP contribution in [-0.2, 0) is 0 Å². The highest BCUT2D eigenvalue weighted by Gasteiger charge is 2.15. The van der Waals surface area contributed by atoms with E-state index in [0.29, 0.717) is 11.0 Å². The number of halogens is 2. The maximum absolute atomic E-state index is 6.16. The fourth-order valence-electron chi connectivity index (χ4n) is 2.06. The Hall–Kier alpha value is -1.65. The zero-order chi connectivity index (χ0) is 14.4. The van der Waals surface area contributed by atoms with Gasteiger partial charge in [0.15, 0.2) is 16.6 Å². The molecule has 0 bridgehead atoms. The molecule has 3 aromatic rings. The van der Waals surface area contributed by atoms with E-state index < -0.39 is 0 Å². The van der Waals surface area contributed by atoms with Gasteiger partial charge in [0.1, 0.15) is 0 Å². The van der Waals surface area contributed by atoms with Crippen molar-refractivity contribution >= 4 is 28.8 Å². The number of aryl methyl sites for hydroxylation is 2. The first-order valence-corrected chi connectivity index (χ1v) is 6.89. The fourth-order valence-corrected chi connectivity index (χ4v) is 2.39. The summed E-state index contributed by atoms with van der Waals surface area (Å²) in [5.74, 6) is 0.657. The lowest BCUT2D eigenvalue weighted by Gasteiger charge is -2.06. The summed E-state index contributed by atoms with van der Waals surface area (Å²) < 4.78 is 1.67. The molecule has 0 radical (unpaired) electrons. The number of hydrogen-bond acceptors (Lipinski definition) is 3. The minimum atomic E-state index is 0.460. The Morgan fingerprint density at radius 1 is 1.00 bits per heavy atom. The molecular weight excluding hydrogens is 295 g/mol. The molecule has 2 heterocycles. The van der Waals surface area contributed by atoms with Crippen molar-refractivity contribution in [3.8, 4) is 11.4 Å². The number of benzene rings is 1. The third-order valence-corrected chi connectivity index (χ3v) is 4.24. The third kappa shape index (κ3) is 1.96. The highest BCUT2D eigenvalue weighted by Crippen LogP contribution is 2.26. The molecule has 3 rings (SSSR count). The van der Waals surface area contributed by atoms with Gasteiger partial charge < -0.3 is 0 Å². The van der Waals surface area contributed by atoms with Gasteiger partial charge in [0, 0.05) is 16.1 Å². The van der Waals surface area contributed by atoms with Crippen LogP contribution < -0.4 is 0 Å². The second-order valence-electron chi connectivity index (χ2n) is 4.76. The molecule has 0 N–H and O–H groups in total. The van der Waals surface area contributed by atoms with Crippen molar-refractivity contribution in [3.63, 3.8) is 0 Å². The summed E-state index contributed by atoms with van der Waals surface area (Å²) in [6.45, 7) is 5.83. The standard InChI is InChI=1S/C14H12Cl2N4/c1-7-6-10(4-5-11(7)15)14-18-17-13-9(3)8(2)12(16)19-20(13)14/h4-6H,1-3H3. The third-order valence-electron chi connectivity index (χ3n) is 3.45. The lowest BCUT2D eigenvalue weighted by molar-refractivity contribution is 0.919. The molecule has 102 valence electrons. The monoisotopic (exact) mass is 306 g/mol. The highest BCUT2D eigenvalue weighted by molar-refractivity contribution is 6.31. The van der Waals surface area contributed by atoms with Crippen LogP contribution in [0.15, 0.2) is 18.2 Å². The van der Waals surface area contributed by atoms with Crippen LogP contribution in [0.1, 0.15) is 16.7 Å². The zero-order valence-corrected chi connectivity index (χ0v) is 12.8. The van der Waals surface area contributed by atoms with Crippen molar-refractivity contribution in [1.29, 1.82) is 0 Å². The number of rotatable bonds is 1. The van der Waals surface area contributed by atoms with Crippen molar-refractivity contribution in [2.75, 3.05) is 0 Å². The first kappa shape index (κ1) is 13.3. The fraction of sp³-hybridized carbons (Fsp3) is 0.214. The average molecular weight is 307 g/mol. The van der Waals surface area contributed by atoms with E-state index in [9.17, 15) is 0 Å². The molecule has 0 unspecified atom stereocenters. The molecule has 4 nitrogen and oxygen atoms in total. The Bertz CT molecular complexity index is 824. The van der Waals surface area contributed by atoms with E-state index in [-0.39, 0.29) is 0 Å². The molecule has 0 aliphatic rings. The van der Waals surface area contributed by atoms with E-state index in [1.807, 2.05) is 39.0 Å². The zero-order valence-electron chi connectivity index (χ0n) is 11.3. The Labute approximate surface area is 126 Å². The summed E-state index contributed by atoms with van der Waals surface area (Å²) in [5.41, 5.74) is 4.51. The van der Waals surface area contributed by atoms with E-state index in [1.54, 1.807) is 4.52 Å². The van der Waals surface area contributed by atoms with Gasteiger partial charge in [-0.25, -0.2) is 0 Å². The summed E-state index contributed by atoms with van der Waals surface area (Å²) in [4.78, 5) is 0. The first-order chi connectivity index (χ1) is 9.49. The van der Waals surface area contributed by atoms with Gasteiger partial charge in [-0.2, -0.15) is 9.61 Å². The van der Waals surface area contributed by atoms with Gasteiger partial charge in [-0.15, -0.1) is 10.2 Å². The quantitative estimate of drug-likeness (QED) is 0.682. The molecule has 0 amide bonds. The molecule has 0 atom stereocenters. The first-order valence-electron chi connectivity index (χ1n) is 6.13. The lowest BCUT2D eigenvalue weighted by Crippen LogP contribution is -2.00. The Morgan fingerprint density at radius 2 is 1.75 bits per heavy atom. The molecule has 0 saturated heterocycles. The van der Waals surface area contributed by atoms with Crippen LogP contribution >= 0.6 is 23.2 Å². The minimum Gasteiger partial charge on any atom is -0.191 e. The van der Waals surface area contributed by atoms with Crippen molar-refractivity contribution in [2.24, 2.45) is 0 Å². The smallest absolute Gasteiger partial charge is 0.185 e. The number of fused-ring (bicyclic) bond motifs is 1. The van der Waals surface area contributed by atoms with Crippen molar-refractivity contribution in [3.05, 3.63) is 45.1 Å². The predicted octanol–water partition coefficient (Wildman–Crippen LogP) is 4.02. The Kier molecular flexibility index (Phi) is 3.15. The maximum Gasteiger partial charge on any atom is 0.185 e. The number of nitrogens with zero attached hydrogens (tertiary/aromatic N) is 4. The normalized spacial score (nSPS) is 11.2. The van der Waals surface area contributed by atoms with E-state index in [0.717, 1.165) is 32.9 Å². The van der Waals surface area contributed by atoms with E-state index in [4.69, 9.17) is 23.2 Å². The van der Waals surface area contributed by atoms with Gasteiger partial charge >= 0.3 is 0 Å². The summed E-state index contributed by atoms with van der Waals surface area (Å²) in [7, 11) is 0. The topological polar surface area (TPSA) is 43.1 Å². The second-order valence-corrected chi connectivity index (χ2v) is 5.53. The predicted molar refractivity (Wildman–Crippen MR) is 80.4 cm³/mol. The van der Waals surface area contributed by atoms with Gasteiger partial charge in [-0.05, 0) is 50.1 Å². The molecule has 0 saturated carbocycles. The molecule has 6 heteroatoms. The highest BCUT2D eigenvalue weighted by atomic mass is 35.5. The number of hydrogen-bond donors (Lipinski definition) is 0. The lowest BCUT2D eigenvalue weighted by atomic mass is 10.1. The van der Waals surface area contributed by atoms with Gasteiger partial charge in [0.05, 0.1) is 0 Å². The Balaban J connectivity index is 2.29. The molecule has 0 aliphatic carbocycles. The maximum atomic E-state index is 6.16. The molecule has 0 fully saturated rings. The molecule has 0 aliphatic heterocycles. The largest absolute Gasteiger partial charge is 0.191 e. The van der Waals surface area contributed by atoms with Crippen LogP contribution in [0.4, 0.5) is 0 Å². The van der Waals surface area contributed by atoms with E-state index in [1.165, 1.54) is 0 Å². The summed E-state index contributed by atoms with van der Waals surface area (Å²) >= 11 is 12.2. The van der Waals surface area contributed by atoms with E-state index in [2.05, 4.69) is 15.3 Å².